The lowest BCUT2D eigenvalue weighted by atomic mass is 10.2. The smallest absolute Gasteiger partial charge is 0.0692 e. The zero-order valence-electron chi connectivity index (χ0n) is 6.79. The average molecular weight is 168 g/mol. The predicted octanol–water partition coefficient (Wildman–Crippen LogP) is 2.21. The van der Waals surface area contributed by atoms with E-state index in [0.29, 0.717) is 0 Å². The summed E-state index contributed by atoms with van der Waals surface area (Å²) < 4.78 is 0. The SMILES string of the molecule is CSc1cc(C)ccc1CO. The second-order valence-electron chi connectivity index (χ2n) is 2.47. The molecule has 0 heterocycles. The highest BCUT2D eigenvalue weighted by atomic mass is 32.2. The molecule has 0 fully saturated rings. The van der Waals surface area contributed by atoms with Gasteiger partial charge in [0.2, 0.25) is 0 Å². The molecule has 0 aliphatic rings. The number of aliphatic hydroxyl groups is 1. The van der Waals surface area contributed by atoms with Crippen molar-refractivity contribution in [2.24, 2.45) is 0 Å². The van der Waals surface area contributed by atoms with Gasteiger partial charge in [0.15, 0.2) is 0 Å². The van der Waals surface area contributed by atoms with Crippen LogP contribution in [0.5, 0.6) is 0 Å². The molecule has 11 heavy (non-hydrogen) atoms. The van der Waals surface area contributed by atoms with E-state index in [1.54, 1.807) is 11.8 Å². The van der Waals surface area contributed by atoms with Crippen molar-refractivity contribution in [3.05, 3.63) is 29.3 Å². The topological polar surface area (TPSA) is 20.2 Å². The molecule has 1 aromatic rings. The molecular weight excluding hydrogens is 156 g/mol. The molecular formula is C9H12OS. The highest BCUT2D eigenvalue weighted by Gasteiger charge is 1.98. The highest BCUT2D eigenvalue weighted by Crippen LogP contribution is 2.21. The average Bonchev–Trinajstić information content (AvgIpc) is 2.04. The third kappa shape index (κ3) is 1.98. The van der Waals surface area contributed by atoms with Gasteiger partial charge in [-0.3, -0.25) is 0 Å². The summed E-state index contributed by atoms with van der Waals surface area (Å²) in [5, 5.41) is 8.93. The van der Waals surface area contributed by atoms with Gasteiger partial charge in [0, 0.05) is 4.90 Å². The summed E-state index contributed by atoms with van der Waals surface area (Å²) >= 11 is 1.67. The molecule has 0 bridgehead atoms. The molecule has 0 saturated carbocycles. The van der Waals surface area contributed by atoms with Crippen LogP contribution in [0.15, 0.2) is 23.1 Å². The summed E-state index contributed by atoms with van der Waals surface area (Å²) in [6.45, 7) is 2.19. The van der Waals surface area contributed by atoms with E-state index in [1.165, 1.54) is 10.5 Å². The summed E-state index contributed by atoms with van der Waals surface area (Å²) in [6.07, 6.45) is 2.02. The molecule has 0 amide bonds. The zero-order chi connectivity index (χ0) is 8.27. The maximum absolute atomic E-state index is 8.93. The van der Waals surface area contributed by atoms with Crippen LogP contribution in [0.2, 0.25) is 0 Å². The van der Waals surface area contributed by atoms with E-state index in [9.17, 15) is 0 Å². The van der Waals surface area contributed by atoms with Crippen LogP contribution in [0.4, 0.5) is 0 Å². The third-order valence-corrected chi connectivity index (χ3v) is 2.43. The summed E-state index contributed by atoms with van der Waals surface area (Å²) in [4.78, 5) is 1.17. The predicted molar refractivity (Wildman–Crippen MR) is 48.9 cm³/mol. The third-order valence-electron chi connectivity index (χ3n) is 1.61. The maximum Gasteiger partial charge on any atom is 0.0692 e. The van der Waals surface area contributed by atoms with Crippen LogP contribution in [-0.4, -0.2) is 11.4 Å². The molecule has 1 nitrogen and oxygen atoms in total. The van der Waals surface area contributed by atoms with Crippen LogP contribution >= 0.6 is 11.8 Å². The van der Waals surface area contributed by atoms with Crippen LogP contribution in [0.25, 0.3) is 0 Å². The first-order chi connectivity index (χ1) is 5.27. The molecule has 0 unspecified atom stereocenters. The first kappa shape index (κ1) is 8.62. The van der Waals surface area contributed by atoms with Gasteiger partial charge in [-0.25, -0.2) is 0 Å². The zero-order valence-corrected chi connectivity index (χ0v) is 7.61. The molecule has 2 heteroatoms. The van der Waals surface area contributed by atoms with Gasteiger partial charge in [-0.05, 0) is 30.4 Å². The summed E-state index contributed by atoms with van der Waals surface area (Å²) in [5.74, 6) is 0. The number of thioether (sulfide) groups is 1. The Hall–Kier alpha value is -0.470. The van der Waals surface area contributed by atoms with E-state index in [2.05, 4.69) is 13.0 Å². The van der Waals surface area contributed by atoms with Gasteiger partial charge >= 0.3 is 0 Å². The quantitative estimate of drug-likeness (QED) is 0.683. The Morgan fingerprint density at radius 2 is 2.18 bits per heavy atom. The highest BCUT2D eigenvalue weighted by molar-refractivity contribution is 7.98. The van der Waals surface area contributed by atoms with Crippen LogP contribution in [0.1, 0.15) is 11.1 Å². The molecule has 0 aliphatic heterocycles. The van der Waals surface area contributed by atoms with Crippen molar-refractivity contribution < 1.29 is 5.11 Å². The monoisotopic (exact) mass is 168 g/mol. The first-order valence-corrected chi connectivity index (χ1v) is 4.74. The standard InChI is InChI=1S/C9H12OS/c1-7-3-4-8(6-10)9(5-7)11-2/h3-5,10H,6H2,1-2H3. The van der Waals surface area contributed by atoms with Crippen molar-refractivity contribution in [1.29, 1.82) is 0 Å². The number of rotatable bonds is 2. The molecule has 0 aromatic heterocycles. The molecule has 0 atom stereocenters. The van der Waals surface area contributed by atoms with Crippen molar-refractivity contribution >= 4 is 11.8 Å². The van der Waals surface area contributed by atoms with Crippen LogP contribution in [-0.2, 0) is 6.61 Å². The lowest BCUT2D eigenvalue weighted by Gasteiger charge is -2.04. The Bertz CT molecular complexity index is 245. The Labute approximate surface area is 71.4 Å². The van der Waals surface area contributed by atoms with Crippen molar-refractivity contribution in [1.82, 2.24) is 0 Å². The van der Waals surface area contributed by atoms with Gasteiger partial charge in [-0.15, -0.1) is 11.8 Å². The minimum Gasteiger partial charge on any atom is -0.392 e. The summed E-state index contributed by atoms with van der Waals surface area (Å²) in [5.41, 5.74) is 2.26. The van der Waals surface area contributed by atoms with Crippen molar-refractivity contribution in [2.45, 2.75) is 18.4 Å². The van der Waals surface area contributed by atoms with Gasteiger partial charge in [-0.2, -0.15) is 0 Å². The molecule has 0 radical (unpaired) electrons. The molecule has 1 rings (SSSR count). The fraction of sp³-hybridized carbons (Fsp3) is 0.333. The van der Waals surface area contributed by atoms with E-state index in [-0.39, 0.29) is 6.61 Å². The number of benzene rings is 1. The van der Waals surface area contributed by atoms with Crippen LogP contribution < -0.4 is 0 Å². The Morgan fingerprint density at radius 1 is 1.45 bits per heavy atom. The van der Waals surface area contributed by atoms with Gasteiger partial charge in [0.25, 0.3) is 0 Å². The Kier molecular flexibility index (Phi) is 2.97. The molecule has 1 N–H and O–H groups in total. The minimum absolute atomic E-state index is 0.135. The number of hydrogen-bond acceptors (Lipinski definition) is 2. The van der Waals surface area contributed by atoms with E-state index in [4.69, 9.17) is 5.11 Å². The maximum atomic E-state index is 8.93. The number of hydrogen-bond donors (Lipinski definition) is 1. The van der Waals surface area contributed by atoms with Crippen molar-refractivity contribution in [3.8, 4) is 0 Å². The van der Waals surface area contributed by atoms with E-state index < -0.39 is 0 Å². The van der Waals surface area contributed by atoms with Gasteiger partial charge < -0.3 is 5.11 Å². The number of aryl methyl sites for hydroxylation is 1. The first-order valence-electron chi connectivity index (χ1n) is 3.52. The van der Waals surface area contributed by atoms with Gasteiger partial charge in [0.1, 0.15) is 0 Å². The normalized spacial score (nSPS) is 10.1. The van der Waals surface area contributed by atoms with Crippen molar-refractivity contribution in [2.75, 3.05) is 6.26 Å². The summed E-state index contributed by atoms with van der Waals surface area (Å²) in [7, 11) is 0. The van der Waals surface area contributed by atoms with E-state index in [0.717, 1.165) is 5.56 Å². The molecule has 60 valence electrons. The van der Waals surface area contributed by atoms with Gasteiger partial charge in [-0.1, -0.05) is 12.1 Å². The second-order valence-corrected chi connectivity index (χ2v) is 3.32. The Balaban J connectivity index is 3.06. The van der Waals surface area contributed by atoms with Crippen molar-refractivity contribution in [3.63, 3.8) is 0 Å². The lowest BCUT2D eigenvalue weighted by Crippen LogP contribution is -1.87. The fourth-order valence-corrected chi connectivity index (χ4v) is 1.68. The Morgan fingerprint density at radius 3 is 2.73 bits per heavy atom. The molecule has 0 aliphatic carbocycles. The second kappa shape index (κ2) is 3.79. The molecule has 0 spiro atoms. The van der Waals surface area contributed by atoms with E-state index >= 15 is 0 Å². The molecule has 1 aromatic carbocycles. The van der Waals surface area contributed by atoms with Crippen LogP contribution in [0.3, 0.4) is 0 Å². The fourth-order valence-electron chi connectivity index (χ4n) is 0.982. The largest absolute Gasteiger partial charge is 0.392 e. The lowest BCUT2D eigenvalue weighted by molar-refractivity contribution is 0.279. The summed E-state index contributed by atoms with van der Waals surface area (Å²) in [6, 6.07) is 6.09. The molecule has 0 saturated heterocycles. The van der Waals surface area contributed by atoms with Crippen LogP contribution in [0, 0.1) is 6.92 Å². The number of aliphatic hydroxyl groups excluding tert-OH is 1. The van der Waals surface area contributed by atoms with Gasteiger partial charge in [0.05, 0.1) is 6.61 Å². The van der Waals surface area contributed by atoms with E-state index in [1.807, 2.05) is 18.4 Å². The minimum atomic E-state index is 0.135.